The smallest absolute Gasteiger partial charge is 0.414 e. The number of benzene rings is 3. The van der Waals surface area contributed by atoms with Crippen molar-refractivity contribution in [3.63, 3.8) is 0 Å². The number of nitrogens with zero attached hydrogens (tertiary/aromatic N) is 2. The fourth-order valence-corrected chi connectivity index (χ4v) is 5.15. The highest BCUT2D eigenvalue weighted by Gasteiger charge is 2.34. The Morgan fingerprint density at radius 3 is 2.11 bits per heavy atom. The maximum absolute atomic E-state index is 13.5. The molecule has 0 aromatic heterocycles. The monoisotopic (exact) mass is 514 g/mol. The summed E-state index contributed by atoms with van der Waals surface area (Å²) in [6.45, 7) is 5.72. The van der Waals surface area contributed by atoms with Crippen molar-refractivity contribution in [3.05, 3.63) is 89.0 Å². The minimum Gasteiger partial charge on any atom is -0.478 e. The minimum absolute atomic E-state index is 0.000123. The average molecular weight is 515 g/mol. The third kappa shape index (κ3) is 4.81. The Balaban J connectivity index is 1.41. The van der Waals surface area contributed by atoms with Gasteiger partial charge in [-0.3, -0.25) is 4.90 Å². The Bertz CT molecular complexity index is 1360. The van der Waals surface area contributed by atoms with Crippen LogP contribution in [-0.2, 0) is 16.0 Å². The summed E-state index contributed by atoms with van der Waals surface area (Å²) in [5.41, 5.74) is 4.53. The molecular weight excluding hydrogens is 484 g/mol. The van der Waals surface area contributed by atoms with Gasteiger partial charge >= 0.3 is 18.2 Å². The molecular formula is C30H30N2O6. The van der Waals surface area contributed by atoms with Gasteiger partial charge in [-0.25, -0.2) is 14.4 Å². The number of aromatic carboxylic acids is 1. The Labute approximate surface area is 221 Å². The predicted molar refractivity (Wildman–Crippen MR) is 142 cm³/mol. The number of carbonyl (C=O) groups excluding carboxylic acids is 2. The molecule has 0 bridgehead atoms. The predicted octanol–water partition coefficient (Wildman–Crippen LogP) is 5.89. The standard InChI is InChI=1S/C30H30N2O6/c1-30(2,3)38-28(35)31-15-16-32(26-14-8-13-23(27(33)34)24(26)17-31)29(36)37-18-25-21-11-6-4-9-19(21)20-10-5-7-12-22(20)25/h4-14,25H,15-18H2,1-3H3,(H,33,34). The van der Waals surface area contributed by atoms with Gasteiger partial charge < -0.3 is 19.5 Å². The summed E-state index contributed by atoms with van der Waals surface area (Å²) in [4.78, 5) is 41.3. The van der Waals surface area contributed by atoms with E-state index in [0.717, 1.165) is 22.3 Å². The van der Waals surface area contributed by atoms with Crippen LogP contribution in [0.25, 0.3) is 11.1 Å². The van der Waals surface area contributed by atoms with Crippen molar-refractivity contribution in [2.45, 2.75) is 38.8 Å². The van der Waals surface area contributed by atoms with Gasteiger partial charge in [-0.05, 0) is 55.2 Å². The summed E-state index contributed by atoms with van der Waals surface area (Å²) < 4.78 is 11.4. The molecule has 8 nitrogen and oxygen atoms in total. The molecule has 5 rings (SSSR count). The van der Waals surface area contributed by atoms with Gasteiger partial charge in [-0.1, -0.05) is 54.6 Å². The zero-order chi connectivity index (χ0) is 27.0. The molecule has 0 fully saturated rings. The number of hydrogen-bond acceptors (Lipinski definition) is 5. The molecule has 1 aliphatic carbocycles. The number of anilines is 1. The zero-order valence-corrected chi connectivity index (χ0v) is 21.6. The van der Waals surface area contributed by atoms with Crippen molar-refractivity contribution in [2.24, 2.45) is 0 Å². The molecule has 0 spiro atoms. The van der Waals surface area contributed by atoms with Crippen LogP contribution in [0.4, 0.5) is 15.3 Å². The lowest BCUT2D eigenvalue weighted by Crippen LogP contribution is -2.40. The van der Waals surface area contributed by atoms with Crippen molar-refractivity contribution in [3.8, 4) is 11.1 Å². The molecule has 1 aliphatic heterocycles. The second kappa shape index (κ2) is 9.85. The van der Waals surface area contributed by atoms with Crippen LogP contribution in [0, 0.1) is 0 Å². The van der Waals surface area contributed by atoms with Crippen molar-refractivity contribution < 1.29 is 29.0 Å². The lowest BCUT2D eigenvalue weighted by atomic mass is 9.98. The minimum atomic E-state index is -1.14. The van der Waals surface area contributed by atoms with E-state index in [1.165, 1.54) is 15.9 Å². The Hall–Kier alpha value is -4.33. The molecule has 1 heterocycles. The number of carbonyl (C=O) groups is 3. The maximum atomic E-state index is 13.5. The average Bonchev–Trinajstić information content (AvgIpc) is 3.05. The molecule has 3 aromatic carbocycles. The van der Waals surface area contributed by atoms with E-state index in [0.29, 0.717) is 11.3 Å². The number of carboxylic acid groups (broad SMARTS) is 1. The van der Waals surface area contributed by atoms with E-state index in [1.54, 1.807) is 32.9 Å². The van der Waals surface area contributed by atoms with Crippen LogP contribution in [0.1, 0.15) is 53.7 Å². The van der Waals surface area contributed by atoms with Crippen LogP contribution in [0.15, 0.2) is 66.7 Å². The van der Waals surface area contributed by atoms with Gasteiger partial charge in [0.1, 0.15) is 12.2 Å². The molecule has 38 heavy (non-hydrogen) atoms. The molecule has 0 saturated heterocycles. The van der Waals surface area contributed by atoms with Crippen molar-refractivity contribution >= 4 is 23.8 Å². The number of fused-ring (bicyclic) bond motifs is 4. The number of ether oxygens (including phenoxy) is 2. The summed E-state index contributed by atoms with van der Waals surface area (Å²) >= 11 is 0. The molecule has 0 saturated carbocycles. The van der Waals surface area contributed by atoms with Gasteiger partial charge in [-0.2, -0.15) is 0 Å². The molecule has 8 heteroatoms. The molecule has 3 aromatic rings. The second-order valence-corrected chi connectivity index (χ2v) is 10.5. The maximum Gasteiger partial charge on any atom is 0.414 e. The lowest BCUT2D eigenvalue weighted by molar-refractivity contribution is 0.0240. The van der Waals surface area contributed by atoms with Crippen molar-refractivity contribution in [1.29, 1.82) is 0 Å². The topological polar surface area (TPSA) is 96.4 Å². The van der Waals surface area contributed by atoms with Gasteiger partial charge in [0.2, 0.25) is 0 Å². The van der Waals surface area contributed by atoms with Crippen LogP contribution >= 0.6 is 0 Å². The van der Waals surface area contributed by atoms with E-state index >= 15 is 0 Å². The van der Waals surface area contributed by atoms with Crippen LogP contribution in [0.3, 0.4) is 0 Å². The van der Waals surface area contributed by atoms with Crippen LogP contribution in [-0.4, -0.2) is 53.5 Å². The van der Waals surface area contributed by atoms with E-state index < -0.39 is 23.8 Å². The summed E-state index contributed by atoms with van der Waals surface area (Å²) in [5, 5.41) is 9.83. The van der Waals surface area contributed by atoms with Gasteiger partial charge in [0.15, 0.2) is 0 Å². The van der Waals surface area contributed by atoms with Gasteiger partial charge in [0.25, 0.3) is 0 Å². The number of carboxylic acids is 1. The number of rotatable bonds is 3. The van der Waals surface area contributed by atoms with Gasteiger partial charge in [0.05, 0.1) is 17.8 Å². The van der Waals surface area contributed by atoms with E-state index in [9.17, 15) is 19.5 Å². The van der Waals surface area contributed by atoms with Crippen LogP contribution in [0.2, 0.25) is 0 Å². The number of hydrogen-bond donors (Lipinski definition) is 1. The highest BCUT2D eigenvalue weighted by Crippen LogP contribution is 2.44. The van der Waals surface area contributed by atoms with Crippen molar-refractivity contribution in [1.82, 2.24) is 4.90 Å². The first-order chi connectivity index (χ1) is 18.1. The Morgan fingerprint density at radius 2 is 1.50 bits per heavy atom. The highest BCUT2D eigenvalue weighted by atomic mass is 16.6. The normalized spacial score (nSPS) is 14.7. The van der Waals surface area contributed by atoms with E-state index in [1.807, 2.05) is 36.4 Å². The summed E-state index contributed by atoms with van der Waals surface area (Å²) in [6, 6.07) is 20.9. The molecule has 196 valence electrons. The van der Waals surface area contributed by atoms with Crippen LogP contribution < -0.4 is 4.90 Å². The van der Waals surface area contributed by atoms with E-state index in [-0.39, 0.29) is 37.7 Å². The molecule has 2 amide bonds. The first-order valence-electron chi connectivity index (χ1n) is 12.6. The van der Waals surface area contributed by atoms with Crippen molar-refractivity contribution in [2.75, 3.05) is 24.6 Å². The first kappa shape index (κ1) is 25.3. The van der Waals surface area contributed by atoms with E-state index in [4.69, 9.17) is 9.47 Å². The molecule has 0 radical (unpaired) electrons. The van der Waals surface area contributed by atoms with Gasteiger partial charge in [-0.15, -0.1) is 0 Å². The number of amides is 2. The zero-order valence-electron chi connectivity index (χ0n) is 21.6. The lowest BCUT2D eigenvalue weighted by Gasteiger charge is -2.26. The largest absolute Gasteiger partial charge is 0.478 e. The summed E-state index contributed by atoms with van der Waals surface area (Å²) in [5.74, 6) is -1.25. The molecule has 2 aliphatic rings. The van der Waals surface area contributed by atoms with Crippen LogP contribution in [0.5, 0.6) is 0 Å². The Kier molecular flexibility index (Phi) is 6.57. The first-order valence-corrected chi connectivity index (χ1v) is 12.6. The highest BCUT2D eigenvalue weighted by molar-refractivity contribution is 5.96. The molecule has 1 N–H and O–H groups in total. The fraction of sp³-hybridized carbons (Fsp3) is 0.300. The van der Waals surface area contributed by atoms with E-state index in [2.05, 4.69) is 12.1 Å². The Morgan fingerprint density at radius 1 is 0.868 bits per heavy atom. The quantitative estimate of drug-likeness (QED) is 0.468. The fourth-order valence-electron chi connectivity index (χ4n) is 5.15. The second-order valence-electron chi connectivity index (χ2n) is 10.5. The third-order valence-electron chi connectivity index (χ3n) is 6.82. The molecule has 0 atom stereocenters. The summed E-state index contributed by atoms with van der Waals surface area (Å²) in [6.07, 6.45) is -1.17. The van der Waals surface area contributed by atoms with Gasteiger partial charge in [0, 0.05) is 24.6 Å². The third-order valence-corrected chi connectivity index (χ3v) is 6.82. The summed E-state index contributed by atoms with van der Waals surface area (Å²) in [7, 11) is 0. The SMILES string of the molecule is CC(C)(C)OC(=O)N1CCN(C(=O)OCC2c3ccccc3-c3ccccc32)c2cccc(C(=O)O)c2C1. The molecule has 0 unspecified atom stereocenters.